The van der Waals surface area contributed by atoms with Gasteiger partial charge < -0.3 is 10.2 Å². The highest BCUT2D eigenvalue weighted by Crippen LogP contribution is 2.23. The van der Waals surface area contributed by atoms with Crippen LogP contribution in [0.4, 0.5) is 4.39 Å². The van der Waals surface area contributed by atoms with Gasteiger partial charge in [-0.1, -0.05) is 12.1 Å². The second-order valence-electron chi connectivity index (χ2n) is 6.35. The minimum atomic E-state index is -0.318. The Hall–Kier alpha value is -1.91. The Morgan fingerprint density at radius 1 is 1.27 bits per heavy atom. The Kier molecular flexibility index (Phi) is 4.41. The van der Waals surface area contributed by atoms with Gasteiger partial charge in [-0.2, -0.15) is 0 Å². The van der Waals surface area contributed by atoms with Crippen LogP contribution in [0, 0.1) is 11.7 Å². The Labute approximate surface area is 129 Å². The number of hydrogen-bond donors (Lipinski definition) is 1. The van der Waals surface area contributed by atoms with Crippen LogP contribution in [0.15, 0.2) is 24.3 Å². The van der Waals surface area contributed by atoms with E-state index >= 15 is 0 Å². The average Bonchev–Trinajstić information content (AvgIpc) is 3.14. The van der Waals surface area contributed by atoms with Gasteiger partial charge in [-0.05, 0) is 42.9 Å². The molecule has 0 bridgehead atoms. The summed E-state index contributed by atoms with van der Waals surface area (Å²) >= 11 is 0. The summed E-state index contributed by atoms with van der Waals surface area (Å²) < 4.78 is 13.1. The predicted molar refractivity (Wildman–Crippen MR) is 80.6 cm³/mol. The summed E-state index contributed by atoms with van der Waals surface area (Å²) in [6.45, 7) is 1.32. The number of likely N-dealkylation sites (tertiary alicyclic amines) is 1. The van der Waals surface area contributed by atoms with Gasteiger partial charge in [-0.25, -0.2) is 4.39 Å². The topological polar surface area (TPSA) is 49.4 Å². The van der Waals surface area contributed by atoms with E-state index in [2.05, 4.69) is 5.32 Å². The molecule has 1 atom stereocenters. The highest BCUT2D eigenvalue weighted by molar-refractivity contribution is 5.80. The molecule has 1 saturated heterocycles. The van der Waals surface area contributed by atoms with Crippen molar-refractivity contribution in [2.45, 2.75) is 38.1 Å². The van der Waals surface area contributed by atoms with E-state index in [1.807, 2.05) is 0 Å². The molecule has 0 spiro atoms. The molecule has 2 aliphatic rings. The maximum Gasteiger partial charge on any atom is 0.227 e. The normalized spacial score (nSPS) is 21.0. The first-order valence-electron chi connectivity index (χ1n) is 7.92. The number of nitrogens with one attached hydrogen (secondary N) is 1. The van der Waals surface area contributed by atoms with Crippen LogP contribution >= 0.6 is 0 Å². The molecule has 1 N–H and O–H groups in total. The van der Waals surface area contributed by atoms with Gasteiger partial charge >= 0.3 is 0 Å². The third kappa shape index (κ3) is 4.06. The zero-order valence-corrected chi connectivity index (χ0v) is 12.6. The standard InChI is InChI=1S/C17H21FN2O2/c18-14-3-1-2-12(8-14)10-17(22)20-7-6-13(11-20)9-16(21)19-15-4-5-15/h1-3,8,13,15H,4-7,9-11H2,(H,19,21). The number of nitrogens with zero attached hydrogens (tertiary/aromatic N) is 1. The molecule has 3 rings (SSSR count). The highest BCUT2D eigenvalue weighted by atomic mass is 19.1. The van der Waals surface area contributed by atoms with E-state index in [0.29, 0.717) is 31.1 Å². The first kappa shape index (κ1) is 15.0. The van der Waals surface area contributed by atoms with Crippen molar-refractivity contribution in [3.63, 3.8) is 0 Å². The molecule has 118 valence electrons. The summed E-state index contributed by atoms with van der Waals surface area (Å²) in [4.78, 5) is 25.8. The molecule has 1 aromatic carbocycles. The van der Waals surface area contributed by atoms with E-state index < -0.39 is 0 Å². The predicted octanol–water partition coefficient (Wildman–Crippen LogP) is 1.89. The minimum absolute atomic E-state index is 0.00991. The largest absolute Gasteiger partial charge is 0.353 e. The summed E-state index contributed by atoms with van der Waals surface area (Å²) in [6, 6.07) is 6.54. The number of rotatable bonds is 5. The van der Waals surface area contributed by atoms with Gasteiger partial charge in [0.25, 0.3) is 0 Å². The van der Waals surface area contributed by atoms with Gasteiger partial charge in [0.05, 0.1) is 6.42 Å². The Balaban J connectivity index is 1.46. The van der Waals surface area contributed by atoms with Crippen LogP contribution in [0.5, 0.6) is 0 Å². The first-order valence-corrected chi connectivity index (χ1v) is 7.92. The van der Waals surface area contributed by atoms with E-state index in [1.54, 1.807) is 17.0 Å². The Morgan fingerprint density at radius 3 is 2.82 bits per heavy atom. The lowest BCUT2D eigenvalue weighted by Gasteiger charge is -2.16. The summed E-state index contributed by atoms with van der Waals surface area (Å²) in [5.74, 6) is 0.0409. The van der Waals surface area contributed by atoms with E-state index in [4.69, 9.17) is 0 Å². The lowest BCUT2D eigenvalue weighted by Crippen LogP contribution is -2.31. The summed E-state index contributed by atoms with van der Waals surface area (Å²) in [6.07, 6.45) is 3.77. The van der Waals surface area contributed by atoms with Crippen molar-refractivity contribution in [2.24, 2.45) is 5.92 Å². The summed E-state index contributed by atoms with van der Waals surface area (Å²) in [7, 11) is 0. The molecule has 2 amide bonds. The van der Waals surface area contributed by atoms with Gasteiger partial charge in [0.15, 0.2) is 0 Å². The maximum absolute atomic E-state index is 13.1. The maximum atomic E-state index is 13.1. The second-order valence-corrected chi connectivity index (χ2v) is 6.35. The monoisotopic (exact) mass is 304 g/mol. The van der Waals surface area contributed by atoms with E-state index in [1.165, 1.54) is 12.1 Å². The van der Waals surface area contributed by atoms with Gasteiger partial charge in [0.1, 0.15) is 5.82 Å². The fourth-order valence-electron chi connectivity index (χ4n) is 2.94. The third-order valence-corrected chi connectivity index (χ3v) is 4.30. The molecular weight excluding hydrogens is 283 g/mol. The lowest BCUT2D eigenvalue weighted by molar-refractivity contribution is -0.130. The van der Waals surface area contributed by atoms with Crippen LogP contribution in [0.25, 0.3) is 0 Å². The van der Waals surface area contributed by atoms with E-state index in [9.17, 15) is 14.0 Å². The SMILES string of the molecule is O=C(CC1CCN(C(=O)Cc2cccc(F)c2)C1)NC1CC1. The van der Waals surface area contributed by atoms with Gasteiger partial charge in [-0.3, -0.25) is 9.59 Å². The quantitative estimate of drug-likeness (QED) is 0.903. The van der Waals surface area contributed by atoms with Crippen molar-refractivity contribution in [3.05, 3.63) is 35.6 Å². The minimum Gasteiger partial charge on any atom is -0.353 e. The van der Waals surface area contributed by atoms with Gasteiger partial charge in [0, 0.05) is 25.6 Å². The average molecular weight is 304 g/mol. The second kappa shape index (κ2) is 6.46. The van der Waals surface area contributed by atoms with Crippen molar-refractivity contribution in [2.75, 3.05) is 13.1 Å². The van der Waals surface area contributed by atoms with Gasteiger partial charge in [-0.15, -0.1) is 0 Å². The van der Waals surface area contributed by atoms with Crippen LogP contribution in [0.1, 0.15) is 31.2 Å². The molecule has 1 heterocycles. The molecule has 1 unspecified atom stereocenters. The molecule has 1 aromatic rings. The molecule has 1 aliphatic carbocycles. The van der Waals surface area contributed by atoms with Crippen molar-refractivity contribution in [3.8, 4) is 0 Å². The smallest absolute Gasteiger partial charge is 0.227 e. The van der Waals surface area contributed by atoms with Crippen LogP contribution in [-0.4, -0.2) is 35.8 Å². The fourth-order valence-corrected chi connectivity index (χ4v) is 2.94. The number of carbonyl (C=O) groups excluding carboxylic acids is 2. The van der Waals surface area contributed by atoms with Gasteiger partial charge in [0.2, 0.25) is 11.8 Å². The Bertz CT molecular complexity index is 572. The summed E-state index contributed by atoms with van der Waals surface area (Å²) in [5, 5.41) is 2.99. The molecule has 1 saturated carbocycles. The first-order chi connectivity index (χ1) is 10.6. The van der Waals surface area contributed by atoms with Crippen LogP contribution in [-0.2, 0) is 16.0 Å². The molecule has 22 heavy (non-hydrogen) atoms. The van der Waals surface area contributed by atoms with Crippen LogP contribution < -0.4 is 5.32 Å². The highest BCUT2D eigenvalue weighted by Gasteiger charge is 2.29. The van der Waals surface area contributed by atoms with Crippen molar-refractivity contribution in [1.29, 1.82) is 0 Å². The zero-order chi connectivity index (χ0) is 15.5. The number of hydrogen-bond acceptors (Lipinski definition) is 2. The van der Waals surface area contributed by atoms with Crippen molar-refractivity contribution < 1.29 is 14.0 Å². The van der Waals surface area contributed by atoms with E-state index in [-0.39, 0.29) is 30.0 Å². The fraction of sp³-hybridized carbons (Fsp3) is 0.529. The van der Waals surface area contributed by atoms with E-state index in [0.717, 1.165) is 19.3 Å². The van der Waals surface area contributed by atoms with Crippen molar-refractivity contribution >= 4 is 11.8 Å². The number of benzene rings is 1. The molecule has 0 aromatic heterocycles. The number of carbonyl (C=O) groups is 2. The number of halogens is 1. The molecule has 4 nitrogen and oxygen atoms in total. The molecule has 5 heteroatoms. The number of amides is 2. The molecule has 2 fully saturated rings. The lowest BCUT2D eigenvalue weighted by atomic mass is 10.0. The third-order valence-electron chi connectivity index (χ3n) is 4.30. The summed E-state index contributed by atoms with van der Waals surface area (Å²) in [5.41, 5.74) is 0.694. The van der Waals surface area contributed by atoms with Crippen LogP contribution in [0.3, 0.4) is 0 Å². The Morgan fingerprint density at radius 2 is 2.09 bits per heavy atom. The van der Waals surface area contributed by atoms with Crippen LogP contribution in [0.2, 0.25) is 0 Å². The molecule has 0 radical (unpaired) electrons. The molecule has 1 aliphatic heterocycles. The molecular formula is C17H21FN2O2. The van der Waals surface area contributed by atoms with Crippen molar-refractivity contribution in [1.82, 2.24) is 10.2 Å². The zero-order valence-electron chi connectivity index (χ0n) is 12.6.